The highest BCUT2D eigenvalue weighted by atomic mass is 35.5. The monoisotopic (exact) mass is 225 g/mol. The lowest BCUT2D eigenvalue weighted by Gasteiger charge is -2.16. The van der Waals surface area contributed by atoms with E-state index in [1.807, 2.05) is 13.0 Å². The second kappa shape index (κ2) is 3.18. The third-order valence-electron chi connectivity index (χ3n) is 2.13. The molecule has 0 aliphatic rings. The molecule has 0 saturated carbocycles. The molecule has 0 aliphatic carbocycles. The molecule has 15 heavy (non-hydrogen) atoms. The zero-order valence-corrected chi connectivity index (χ0v) is 9.58. The van der Waals surface area contributed by atoms with E-state index in [9.17, 15) is 5.11 Å². The molecular formula is C10H12ClN3O. The Hall–Kier alpha value is -1.13. The largest absolute Gasteiger partial charge is 0.384 e. The number of aliphatic hydroxyl groups is 1. The highest BCUT2D eigenvalue weighted by Crippen LogP contribution is 2.22. The quantitative estimate of drug-likeness (QED) is 0.755. The molecule has 2 heterocycles. The van der Waals surface area contributed by atoms with Gasteiger partial charge in [0.1, 0.15) is 10.8 Å². The van der Waals surface area contributed by atoms with E-state index < -0.39 is 5.60 Å². The van der Waals surface area contributed by atoms with Crippen LogP contribution >= 0.6 is 11.6 Å². The summed E-state index contributed by atoms with van der Waals surface area (Å²) in [6, 6.07) is 3.45. The Kier molecular flexibility index (Phi) is 2.20. The Labute approximate surface area is 92.5 Å². The van der Waals surface area contributed by atoms with Crippen molar-refractivity contribution in [3.8, 4) is 0 Å². The Morgan fingerprint density at radius 1 is 1.40 bits per heavy atom. The molecule has 0 amide bonds. The molecular weight excluding hydrogens is 214 g/mol. The van der Waals surface area contributed by atoms with E-state index in [1.165, 1.54) is 0 Å². The summed E-state index contributed by atoms with van der Waals surface area (Å²) >= 11 is 6.03. The average Bonchev–Trinajstić information content (AvgIpc) is 2.44. The molecule has 2 rings (SSSR count). The molecule has 0 unspecified atom stereocenters. The van der Waals surface area contributed by atoms with Crippen molar-refractivity contribution in [2.24, 2.45) is 0 Å². The van der Waals surface area contributed by atoms with Gasteiger partial charge in [0.15, 0.2) is 5.65 Å². The van der Waals surface area contributed by atoms with Gasteiger partial charge in [-0.25, -0.2) is 9.50 Å². The molecule has 2 aromatic heterocycles. The molecule has 1 N–H and O–H groups in total. The summed E-state index contributed by atoms with van der Waals surface area (Å²) in [7, 11) is 0. The lowest BCUT2D eigenvalue weighted by atomic mass is 10.1. The van der Waals surface area contributed by atoms with Crippen LogP contribution in [0.3, 0.4) is 0 Å². The predicted octanol–water partition coefficient (Wildman–Crippen LogP) is 1.92. The number of nitrogens with zero attached hydrogens (tertiary/aromatic N) is 3. The Bertz CT molecular complexity index is 513. The molecule has 4 nitrogen and oxygen atoms in total. The van der Waals surface area contributed by atoms with Crippen LogP contribution < -0.4 is 0 Å². The molecule has 0 radical (unpaired) electrons. The second-order valence-electron chi connectivity index (χ2n) is 4.08. The van der Waals surface area contributed by atoms with Gasteiger partial charge >= 0.3 is 0 Å². The third kappa shape index (κ3) is 1.82. The van der Waals surface area contributed by atoms with Crippen LogP contribution in [0.5, 0.6) is 0 Å². The predicted molar refractivity (Wildman–Crippen MR) is 58.0 cm³/mol. The number of halogens is 1. The van der Waals surface area contributed by atoms with Gasteiger partial charge in [0.05, 0.1) is 11.4 Å². The van der Waals surface area contributed by atoms with E-state index in [-0.39, 0.29) is 0 Å². The first kappa shape index (κ1) is 10.4. The van der Waals surface area contributed by atoms with E-state index >= 15 is 0 Å². The van der Waals surface area contributed by atoms with Crippen molar-refractivity contribution in [1.29, 1.82) is 0 Å². The number of fused-ring (bicyclic) bond motifs is 1. The van der Waals surface area contributed by atoms with Gasteiger partial charge in [-0.05, 0) is 20.8 Å². The molecule has 0 bridgehead atoms. The van der Waals surface area contributed by atoms with E-state index in [2.05, 4.69) is 10.1 Å². The minimum absolute atomic E-state index is 0.449. The maximum absolute atomic E-state index is 9.83. The summed E-state index contributed by atoms with van der Waals surface area (Å²) in [6.07, 6.45) is 0. The van der Waals surface area contributed by atoms with Crippen LogP contribution in [0.4, 0.5) is 0 Å². The fourth-order valence-electron chi connectivity index (χ4n) is 1.37. The van der Waals surface area contributed by atoms with Gasteiger partial charge in [0.25, 0.3) is 0 Å². The van der Waals surface area contributed by atoms with Crippen LogP contribution in [0.2, 0.25) is 5.15 Å². The lowest BCUT2D eigenvalue weighted by Crippen LogP contribution is -2.18. The number of aromatic nitrogens is 3. The van der Waals surface area contributed by atoms with Gasteiger partial charge in [0, 0.05) is 12.1 Å². The van der Waals surface area contributed by atoms with E-state index in [4.69, 9.17) is 11.6 Å². The molecule has 0 aliphatic heterocycles. The number of aryl methyl sites for hydroxylation is 1. The molecule has 0 atom stereocenters. The van der Waals surface area contributed by atoms with Crippen LogP contribution in [0.15, 0.2) is 12.1 Å². The first-order valence-electron chi connectivity index (χ1n) is 4.64. The molecule has 5 heteroatoms. The van der Waals surface area contributed by atoms with E-state index in [1.54, 1.807) is 24.4 Å². The fourth-order valence-corrected chi connectivity index (χ4v) is 1.59. The van der Waals surface area contributed by atoms with Gasteiger partial charge in [0.2, 0.25) is 0 Å². The summed E-state index contributed by atoms with van der Waals surface area (Å²) < 4.78 is 1.55. The summed E-state index contributed by atoms with van der Waals surface area (Å²) in [5, 5.41) is 14.5. The van der Waals surface area contributed by atoms with Gasteiger partial charge in [-0.2, -0.15) is 5.10 Å². The number of hydrogen-bond donors (Lipinski definition) is 1. The minimum atomic E-state index is -0.996. The molecule has 0 spiro atoms. The Morgan fingerprint density at radius 3 is 2.67 bits per heavy atom. The summed E-state index contributed by atoms with van der Waals surface area (Å²) in [4.78, 5) is 4.29. The van der Waals surface area contributed by atoms with Gasteiger partial charge in [-0.15, -0.1) is 0 Å². The highest BCUT2D eigenvalue weighted by Gasteiger charge is 2.20. The zero-order chi connectivity index (χ0) is 11.2. The lowest BCUT2D eigenvalue weighted by molar-refractivity contribution is 0.0740. The van der Waals surface area contributed by atoms with Crippen molar-refractivity contribution >= 4 is 17.2 Å². The van der Waals surface area contributed by atoms with E-state index in [0.29, 0.717) is 16.5 Å². The molecule has 80 valence electrons. The van der Waals surface area contributed by atoms with Crippen LogP contribution in [-0.4, -0.2) is 19.7 Å². The summed E-state index contributed by atoms with van der Waals surface area (Å²) in [6.45, 7) is 5.21. The van der Waals surface area contributed by atoms with Gasteiger partial charge < -0.3 is 5.11 Å². The maximum atomic E-state index is 9.83. The van der Waals surface area contributed by atoms with Crippen LogP contribution in [0.25, 0.3) is 5.65 Å². The fraction of sp³-hybridized carbons (Fsp3) is 0.400. The second-order valence-corrected chi connectivity index (χ2v) is 4.47. The van der Waals surface area contributed by atoms with Crippen molar-refractivity contribution in [1.82, 2.24) is 14.6 Å². The Balaban J connectivity index is 2.72. The first-order valence-corrected chi connectivity index (χ1v) is 5.01. The van der Waals surface area contributed by atoms with Crippen LogP contribution in [0.1, 0.15) is 25.2 Å². The molecule has 0 saturated heterocycles. The molecule has 0 aromatic carbocycles. The number of rotatable bonds is 1. The number of hydrogen-bond acceptors (Lipinski definition) is 3. The van der Waals surface area contributed by atoms with Crippen LogP contribution in [-0.2, 0) is 5.60 Å². The third-order valence-corrected chi connectivity index (χ3v) is 2.40. The van der Waals surface area contributed by atoms with Crippen molar-refractivity contribution in [3.05, 3.63) is 28.7 Å². The van der Waals surface area contributed by atoms with Crippen molar-refractivity contribution in [2.75, 3.05) is 0 Å². The molecule has 2 aromatic rings. The van der Waals surface area contributed by atoms with Crippen molar-refractivity contribution in [2.45, 2.75) is 26.4 Å². The van der Waals surface area contributed by atoms with Crippen molar-refractivity contribution in [3.63, 3.8) is 0 Å². The average molecular weight is 226 g/mol. The summed E-state index contributed by atoms with van der Waals surface area (Å²) in [5.74, 6) is 0. The van der Waals surface area contributed by atoms with Gasteiger partial charge in [-0.3, -0.25) is 0 Å². The Morgan fingerprint density at radius 2 is 2.07 bits per heavy atom. The van der Waals surface area contributed by atoms with Gasteiger partial charge in [-0.1, -0.05) is 11.6 Å². The SMILES string of the molecule is Cc1cc2nc(C(C)(C)O)cc(Cl)n2n1. The summed E-state index contributed by atoms with van der Waals surface area (Å²) in [5.41, 5.74) is 1.04. The molecule has 0 fully saturated rings. The van der Waals surface area contributed by atoms with Crippen LogP contribution in [0, 0.1) is 6.92 Å². The van der Waals surface area contributed by atoms with E-state index in [0.717, 1.165) is 5.69 Å². The van der Waals surface area contributed by atoms with Crippen molar-refractivity contribution < 1.29 is 5.11 Å². The standard InChI is InChI=1S/C10H12ClN3O/c1-6-4-9-12-7(10(2,3)15)5-8(11)14(9)13-6/h4-5,15H,1-3H3. The normalized spacial score (nSPS) is 12.3. The smallest absolute Gasteiger partial charge is 0.157 e. The zero-order valence-electron chi connectivity index (χ0n) is 8.82. The topological polar surface area (TPSA) is 50.4 Å². The minimum Gasteiger partial charge on any atom is -0.384 e. The maximum Gasteiger partial charge on any atom is 0.157 e. The highest BCUT2D eigenvalue weighted by molar-refractivity contribution is 6.29. The first-order chi connectivity index (χ1) is 6.88.